The summed E-state index contributed by atoms with van der Waals surface area (Å²) in [6.07, 6.45) is 8.20. The molecule has 3 heteroatoms. The molecule has 1 saturated carbocycles. The number of ether oxygens (including phenoxy) is 1. The Morgan fingerprint density at radius 2 is 2.19 bits per heavy atom. The van der Waals surface area contributed by atoms with Crippen molar-refractivity contribution in [3.63, 3.8) is 0 Å². The van der Waals surface area contributed by atoms with Gasteiger partial charge in [-0.1, -0.05) is 19.3 Å². The molecule has 0 atom stereocenters. The largest absolute Gasteiger partial charge is 0.462 e. The predicted molar refractivity (Wildman–Crippen MR) is 62.6 cm³/mol. The minimum Gasteiger partial charge on any atom is -0.462 e. The molecule has 3 nitrogen and oxygen atoms in total. The number of nitrogens with one attached hydrogen (secondary N) is 1. The fraction of sp³-hybridized carbons (Fsp3) is 0.615. The van der Waals surface area contributed by atoms with Gasteiger partial charge in [-0.3, -0.25) is 0 Å². The van der Waals surface area contributed by atoms with Crippen molar-refractivity contribution >= 4 is 5.97 Å². The van der Waals surface area contributed by atoms with Gasteiger partial charge in [0, 0.05) is 11.9 Å². The molecule has 1 fully saturated rings. The molecule has 0 unspecified atom stereocenters. The van der Waals surface area contributed by atoms with Crippen molar-refractivity contribution in [2.45, 2.75) is 44.9 Å². The van der Waals surface area contributed by atoms with Gasteiger partial charge in [0.2, 0.25) is 0 Å². The zero-order valence-electron chi connectivity index (χ0n) is 9.79. The van der Waals surface area contributed by atoms with Gasteiger partial charge in [-0.25, -0.2) is 4.79 Å². The highest BCUT2D eigenvalue weighted by Gasteiger charge is 2.18. The van der Waals surface area contributed by atoms with E-state index in [2.05, 4.69) is 4.98 Å². The van der Waals surface area contributed by atoms with Gasteiger partial charge >= 0.3 is 5.97 Å². The molecule has 16 heavy (non-hydrogen) atoms. The number of hydrogen-bond acceptors (Lipinski definition) is 2. The van der Waals surface area contributed by atoms with Crippen LogP contribution in [0.15, 0.2) is 12.3 Å². The zero-order chi connectivity index (χ0) is 11.4. The SMILES string of the molecule is CCOC(=O)c1c[nH]c(C2CCCCC2)c1. The lowest BCUT2D eigenvalue weighted by atomic mass is 9.87. The first-order valence-electron chi connectivity index (χ1n) is 6.16. The van der Waals surface area contributed by atoms with Crippen molar-refractivity contribution in [2.24, 2.45) is 0 Å². The van der Waals surface area contributed by atoms with E-state index in [0.29, 0.717) is 18.1 Å². The molecule has 1 aliphatic rings. The van der Waals surface area contributed by atoms with Crippen LogP contribution >= 0.6 is 0 Å². The van der Waals surface area contributed by atoms with E-state index in [-0.39, 0.29) is 5.97 Å². The summed E-state index contributed by atoms with van der Waals surface area (Å²) in [5.74, 6) is 0.387. The summed E-state index contributed by atoms with van der Waals surface area (Å²) in [5.41, 5.74) is 1.85. The van der Waals surface area contributed by atoms with Crippen molar-refractivity contribution in [2.75, 3.05) is 6.61 Å². The molecular formula is C13H19NO2. The zero-order valence-corrected chi connectivity index (χ0v) is 9.79. The van der Waals surface area contributed by atoms with Crippen molar-refractivity contribution < 1.29 is 9.53 Å². The van der Waals surface area contributed by atoms with E-state index in [0.717, 1.165) is 0 Å². The van der Waals surface area contributed by atoms with Crippen LogP contribution in [0.5, 0.6) is 0 Å². The third kappa shape index (κ3) is 2.46. The number of aromatic amines is 1. The predicted octanol–water partition coefficient (Wildman–Crippen LogP) is 3.24. The number of aromatic nitrogens is 1. The van der Waals surface area contributed by atoms with Crippen LogP contribution in [-0.4, -0.2) is 17.6 Å². The summed E-state index contributed by atoms with van der Waals surface area (Å²) in [5, 5.41) is 0. The first kappa shape index (κ1) is 11.2. The van der Waals surface area contributed by atoms with Gasteiger partial charge in [-0.05, 0) is 31.7 Å². The van der Waals surface area contributed by atoms with Gasteiger partial charge in [-0.15, -0.1) is 0 Å². The average molecular weight is 221 g/mol. The van der Waals surface area contributed by atoms with Crippen LogP contribution in [0.2, 0.25) is 0 Å². The third-order valence-corrected chi connectivity index (χ3v) is 3.26. The van der Waals surface area contributed by atoms with Crippen LogP contribution in [0.4, 0.5) is 0 Å². The minimum absolute atomic E-state index is 0.221. The number of esters is 1. The van der Waals surface area contributed by atoms with Crippen molar-refractivity contribution in [1.82, 2.24) is 4.98 Å². The number of carbonyl (C=O) groups excluding carboxylic acids is 1. The highest BCUT2D eigenvalue weighted by molar-refractivity contribution is 5.89. The molecule has 1 aromatic rings. The monoisotopic (exact) mass is 221 g/mol. The summed E-state index contributed by atoms with van der Waals surface area (Å²) in [6.45, 7) is 2.26. The molecule has 88 valence electrons. The van der Waals surface area contributed by atoms with Gasteiger partial charge < -0.3 is 9.72 Å². The molecule has 0 spiro atoms. The highest BCUT2D eigenvalue weighted by atomic mass is 16.5. The van der Waals surface area contributed by atoms with Crippen LogP contribution in [-0.2, 0) is 4.74 Å². The topological polar surface area (TPSA) is 42.1 Å². The Hall–Kier alpha value is -1.25. The second-order valence-electron chi connectivity index (χ2n) is 4.40. The number of rotatable bonds is 3. The van der Waals surface area contributed by atoms with Gasteiger partial charge in [0.1, 0.15) is 0 Å². The van der Waals surface area contributed by atoms with E-state index in [1.807, 2.05) is 13.0 Å². The molecule has 1 heterocycles. The van der Waals surface area contributed by atoms with E-state index < -0.39 is 0 Å². The van der Waals surface area contributed by atoms with Crippen molar-refractivity contribution in [1.29, 1.82) is 0 Å². The number of hydrogen-bond donors (Lipinski definition) is 1. The van der Waals surface area contributed by atoms with Gasteiger partial charge in [0.05, 0.1) is 12.2 Å². The molecule has 0 aromatic carbocycles. The Balaban J connectivity index is 2.03. The Bertz CT molecular complexity index is 351. The van der Waals surface area contributed by atoms with Crippen LogP contribution in [0.1, 0.15) is 61.0 Å². The second kappa shape index (κ2) is 5.19. The van der Waals surface area contributed by atoms with E-state index in [4.69, 9.17) is 4.74 Å². The van der Waals surface area contributed by atoms with Gasteiger partial charge in [0.15, 0.2) is 0 Å². The Morgan fingerprint density at radius 1 is 1.44 bits per heavy atom. The maximum atomic E-state index is 11.5. The normalized spacial score (nSPS) is 17.3. The molecule has 0 radical (unpaired) electrons. The molecular weight excluding hydrogens is 202 g/mol. The highest BCUT2D eigenvalue weighted by Crippen LogP contribution is 2.32. The molecule has 1 aliphatic carbocycles. The summed E-state index contributed by atoms with van der Waals surface area (Å²) >= 11 is 0. The Kier molecular flexibility index (Phi) is 3.65. The smallest absolute Gasteiger partial charge is 0.339 e. The lowest BCUT2D eigenvalue weighted by Gasteiger charge is -2.20. The van der Waals surface area contributed by atoms with Crippen LogP contribution in [0.3, 0.4) is 0 Å². The first-order chi connectivity index (χ1) is 7.81. The van der Waals surface area contributed by atoms with Crippen LogP contribution < -0.4 is 0 Å². The van der Waals surface area contributed by atoms with Crippen LogP contribution in [0.25, 0.3) is 0 Å². The molecule has 1 N–H and O–H groups in total. The van der Waals surface area contributed by atoms with Gasteiger partial charge in [-0.2, -0.15) is 0 Å². The van der Waals surface area contributed by atoms with Crippen molar-refractivity contribution in [3.8, 4) is 0 Å². The quantitative estimate of drug-likeness (QED) is 0.796. The summed E-state index contributed by atoms with van der Waals surface area (Å²) < 4.78 is 4.97. The third-order valence-electron chi connectivity index (χ3n) is 3.26. The van der Waals surface area contributed by atoms with Gasteiger partial charge in [0.25, 0.3) is 0 Å². The van der Waals surface area contributed by atoms with E-state index in [1.165, 1.54) is 37.8 Å². The Labute approximate surface area is 96.2 Å². The Morgan fingerprint density at radius 3 is 2.88 bits per heavy atom. The second-order valence-corrected chi connectivity index (χ2v) is 4.40. The average Bonchev–Trinajstić information content (AvgIpc) is 2.80. The summed E-state index contributed by atoms with van der Waals surface area (Å²) in [7, 11) is 0. The standard InChI is InChI=1S/C13H19NO2/c1-2-16-13(15)11-8-12(14-9-11)10-6-4-3-5-7-10/h8-10,14H,2-7H2,1H3. The molecule has 0 aliphatic heterocycles. The molecule has 1 aromatic heterocycles. The van der Waals surface area contributed by atoms with Crippen LogP contribution in [0, 0.1) is 0 Å². The molecule has 0 amide bonds. The first-order valence-corrected chi connectivity index (χ1v) is 6.16. The molecule has 2 rings (SSSR count). The fourth-order valence-electron chi connectivity index (χ4n) is 2.39. The lowest BCUT2D eigenvalue weighted by molar-refractivity contribution is 0.0526. The molecule has 0 saturated heterocycles. The minimum atomic E-state index is -0.221. The maximum absolute atomic E-state index is 11.5. The number of carbonyl (C=O) groups is 1. The van der Waals surface area contributed by atoms with E-state index >= 15 is 0 Å². The lowest BCUT2D eigenvalue weighted by Crippen LogP contribution is -2.05. The summed E-state index contributed by atoms with van der Waals surface area (Å²) in [4.78, 5) is 14.7. The fourth-order valence-corrected chi connectivity index (χ4v) is 2.39. The summed E-state index contributed by atoms with van der Waals surface area (Å²) in [6, 6.07) is 1.95. The maximum Gasteiger partial charge on any atom is 0.339 e. The number of H-pyrrole nitrogens is 1. The van der Waals surface area contributed by atoms with E-state index in [9.17, 15) is 4.79 Å². The van der Waals surface area contributed by atoms with E-state index in [1.54, 1.807) is 6.20 Å². The molecule has 0 bridgehead atoms. The van der Waals surface area contributed by atoms with Crippen molar-refractivity contribution in [3.05, 3.63) is 23.5 Å².